The highest BCUT2D eigenvalue weighted by atomic mass is 16.5. The largest absolute Gasteiger partial charge is 0.488 e. The van der Waals surface area contributed by atoms with E-state index in [1.54, 1.807) is 12.0 Å². The van der Waals surface area contributed by atoms with Gasteiger partial charge in [0.05, 0.1) is 55.8 Å². The number of carbonyl (C=O) groups is 4. The number of rotatable bonds is 11. The molecule has 65 heavy (non-hydrogen) atoms. The van der Waals surface area contributed by atoms with E-state index in [1.165, 1.54) is 14.2 Å². The molecule has 2 aromatic heterocycles. The van der Waals surface area contributed by atoms with Gasteiger partial charge in [-0.05, 0) is 83.0 Å². The summed E-state index contributed by atoms with van der Waals surface area (Å²) in [6.45, 7) is 5.10. The lowest BCUT2D eigenvalue weighted by Crippen LogP contribution is -2.52. The second kappa shape index (κ2) is 16.9. The molecular weight excluding hydrogens is 829 g/mol. The Bertz CT molecular complexity index is 2820. The van der Waals surface area contributed by atoms with Crippen LogP contribution >= 0.6 is 0 Å². The van der Waals surface area contributed by atoms with E-state index < -0.39 is 30.3 Å². The Hall–Kier alpha value is -6.94. The van der Waals surface area contributed by atoms with Gasteiger partial charge in [-0.15, -0.1) is 0 Å². The lowest BCUT2D eigenvalue weighted by atomic mass is 9.92. The first-order valence-corrected chi connectivity index (χ1v) is 22.2. The van der Waals surface area contributed by atoms with Crippen molar-refractivity contribution in [2.24, 2.45) is 17.8 Å². The monoisotopic (exact) mass is 880 g/mol. The highest BCUT2D eigenvalue weighted by molar-refractivity contribution is 6.07. The van der Waals surface area contributed by atoms with Gasteiger partial charge in [0.15, 0.2) is 0 Å². The minimum absolute atomic E-state index is 0.0597. The van der Waals surface area contributed by atoms with E-state index in [1.807, 2.05) is 61.3 Å². The maximum atomic E-state index is 14.4. The van der Waals surface area contributed by atoms with Gasteiger partial charge in [0, 0.05) is 36.6 Å². The number of hydrogen-bond donors (Lipinski definition) is 4. The number of aromatic amines is 2. The minimum Gasteiger partial charge on any atom is -0.488 e. The van der Waals surface area contributed by atoms with Gasteiger partial charge in [-0.25, -0.2) is 19.6 Å². The van der Waals surface area contributed by atoms with Gasteiger partial charge < -0.3 is 49.3 Å². The van der Waals surface area contributed by atoms with E-state index in [2.05, 4.69) is 57.0 Å². The number of alkyl carbamates (subject to hydrolysis) is 2. The lowest BCUT2D eigenvalue weighted by molar-refractivity contribution is -0.137. The van der Waals surface area contributed by atoms with Crippen LogP contribution in [0.1, 0.15) is 74.0 Å². The number of H-pyrrole nitrogens is 2. The number of ether oxygens (including phenoxy) is 4. The number of nitrogens with one attached hydrogen (secondary N) is 4. The summed E-state index contributed by atoms with van der Waals surface area (Å²) in [6, 6.07) is 21.6. The van der Waals surface area contributed by atoms with Crippen molar-refractivity contribution in [3.63, 3.8) is 0 Å². The zero-order valence-electron chi connectivity index (χ0n) is 36.9. The number of piperidine rings is 1. The molecule has 3 fully saturated rings. The fraction of sp³-hybridized carbons (Fsp3) is 0.388. The van der Waals surface area contributed by atoms with Crippen LogP contribution in [-0.4, -0.2) is 100 Å². The van der Waals surface area contributed by atoms with Crippen LogP contribution in [0.5, 0.6) is 5.75 Å². The zero-order chi connectivity index (χ0) is 45.1. The molecule has 6 aromatic rings. The maximum absolute atomic E-state index is 14.4. The van der Waals surface area contributed by atoms with Crippen molar-refractivity contribution in [2.75, 3.05) is 34.5 Å². The van der Waals surface area contributed by atoms with Crippen LogP contribution in [0.15, 0.2) is 79.0 Å². The molecule has 4 aliphatic rings. The first-order valence-electron chi connectivity index (χ1n) is 22.2. The molecule has 0 bridgehead atoms. The summed E-state index contributed by atoms with van der Waals surface area (Å²) >= 11 is 0. The molecule has 7 atom stereocenters. The second-order valence-corrected chi connectivity index (χ2v) is 18.0. The molecule has 4 N–H and O–H groups in total. The summed E-state index contributed by atoms with van der Waals surface area (Å²) < 4.78 is 21.7. The summed E-state index contributed by atoms with van der Waals surface area (Å²) in [7, 11) is 4.23. The number of carbonyl (C=O) groups excluding carboxylic acids is 4. The van der Waals surface area contributed by atoms with E-state index in [0.29, 0.717) is 43.5 Å². The normalized spacial score (nSPS) is 21.6. The molecular formula is C49H52N8O8. The maximum Gasteiger partial charge on any atom is 0.407 e. The van der Waals surface area contributed by atoms with Gasteiger partial charge in [0.2, 0.25) is 5.91 Å². The number of likely N-dealkylation sites (tertiary alicyclic amines) is 2. The molecule has 16 heteroatoms. The summed E-state index contributed by atoms with van der Waals surface area (Å²) in [4.78, 5) is 73.7. The van der Waals surface area contributed by atoms with E-state index in [0.717, 1.165) is 74.2 Å². The van der Waals surface area contributed by atoms with Gasteiger partial charge in [0.25, 0.3) is 5.91 Å². The lowest BCUT2D eigenvalue weighted by Gasteiger charge is -2.31. The second-order valence-electron chi connectivity index (χ2n) is 18.0. The molecule has 1 aliphatic carbocycles. The number of imidazole rings is 2. The van der Waals surface area contributed by atoms with Crippen molar-refractivity contribution < 1.29 is 38.1 Å². The molecule has 336 valence electrons. The number of benzene rings is 4. The van der Waals surface area contributed by atoms with Crippen LogP contribution in [0.25, 0.3) is 44.2 Å². The van der Waals surface area contributed by atoms with Gasteiger partial charge in [-0.3, -0.25) is 9.59 Å². The minimum atomic E-state index is -0.954. The van der Waals surface area contributed by atoms with Crippen molar-refractivity contribution >= 4 is 45.8 Å². The van der Waals surface area contributed by atoms with Gasteiger partial charge in [-0.2, -0.15) is 0 Å². The first kappa shape index (κ1) is 42.0. The fourth-order valence-corrected chi connectivity index (χ4v) is 10.2. The Labute approximate surface area is 375 Å². The number of fused-ring (bicyclic) bond motifs is 7. The van der Waals surface area contributed by atoms with Crippen molar-refractivity contribution in [3.05, 3.63) is 102 Å². The number of aromatic nitrogens is 4. The molecule has 16 nitrogen and oxygen atoms in total. The van der Waals surface area contributed by atoms with E-state index in [4.69, 9.17) is 28.9 Å². The highest BCUT2D eigenvalue weighted by Gasteiger charge is 2.56. The standard InChI is InChI=1S/C49H52N8O8/c1-25(2)41(54-48(60)63-4)47(59)57-37-18-30(37)19-39(57)44-50-21-36(52-44)29-11-13-32-31(16-29)24-65-40-20-33-28(17-34(32)40)12-14-35-43(33)53-45(51-35)38-15-26(23-62-3)22-56(38)46(58)42(55-49(61)64-5)27-9-7-6-8-10-27/h6-14,16-17,20-21,25-26,30,37-39,41-42H,15,18-19,22-24H2,1-5H3,(H,50,52)(H,51,53)(H,54,60)(H,55,61)/t26?,30?,37-,38+,39+,41+,42-/m1/s1. The Morgan fingerprint density at radius 3 is 2.42 bits per heavy atom. The third-order valence-electron chi connectivity index (χ3n) is 13.6. The number of amides is 4. The van der Waals surface area contributed by atoms with E-state index in [-0.39, 0.29) is 35.7 Å². The van der Waals surface area contributed by atoms with Crippen molar-refractivity contribution in [3.8, 4) is 28.1 Å². The van der Waals surface area contributed by atoms with Crippen molar-refractivity contribution in [1.82, 2.24) is 40.4 Å². The molecule has 0 spiro atoms. The summed E-state index contributed by atoms with van der Waals surface area (Å²) in [5.41, 5.74) is 7.14. The fourth-order valence-electron chi connectivity index (χ4n) is 10.2. The Kier molecular flexibility index (Phi) is 10.9. The topological polar surface area (TPSA) is 193 Å². The zero-order valence-corrected chi connectivity index (χ0v) is 36.9. The van der Waals surface area contributed by atoms with Crippen molar-refractivity contribution in [2.45, 2.75) is 69.9 Å². The average molecular weight is 881 g/mol. The average Bonchev–Trinajstić information content (AvgIpc) is 3.79. The Balaban J connectivity index is 0.914. The molecule has 4 amide bonds. The predicted molar refractivity (Wildman–Crippen MR) is 240 cm³/mol. The van der Waals surface area contributed by atoms with Crippen LogP contribution in [-0.2, 0) is 30.4 Å². The number of hydrogen-bond acceptors (Lipinski definition) is 10. The summed E-state index contributed by atoms with van der Waals surface area (Å²) in [5.74, 6) is 2.12. The van der Waals surface area contributed by atoms with Crippen LogP contribution in [0.3, 0.4) is 0 Å². The molecule has 5 heterocycles. The quantitative estimate of drug-likeness (QED) is 0.102. The van der Waals surface area contributed by atoms with E-state index in [9.17, 15) is 19.2 Å². The van der Waals surface area contributed by atoms with Gasteiger partial charge >= 0.3 is 12.2 Å². The van der Waals surface area contributed by atoms with Crippen LogP contribution in [0.2, 0.25) is 0 Å². The van der Waals surface area contributed by atoms with Gasteiger partial charge in [0.1, 0.15) is 36.1 Å². The molecule has 0 radical (unpaired) electrons. The van der Waals surface area contributed by atoms with Crippen LogP contribution < -0.4 is 15.4 Å². The number of methoxy groups -OCH3 is 3. The Morgan fingerprint density at radius 1 is 0.846 bits per heavy atom. The third kappa shape index (κ3) is 7.68. The third-order valence-corrected chi connectivity index (χ3v) is 13.6. The highest BCUT2D eigenvalue weighted by Crippen LogP contribution is 2.53. The molecule has 3 aliphatic heterocycles. The SMILES string of the molecule is COCC1C[C@@H](c2nc3c(ccc4cc5c(cc43)OCc3cc(-c4cnc([C@@H]6CC7C[C@H]7N6C(=O)[C@@H](NC(=O)OC)C(C)C)[nH]4)ccc3-5)[nH]2)N(C(=O)[C@H](NC(=O)OC)c2ccccc2)C1. The molecule has 1 saturated carbocycles. The smallest absolute Gasteiger partial charge is 0.407 e. The van der Waals surface area contributed by atoms with Crippen LogP contribution in [0.4, 0.5) is 9.59 Å². The molecule has 2 saturated heterocycles. The summed E-state index contributed by atoms with van der Waals surface area (Å²) in [5, 5.41) is 7.41. The van der Waals surface area contributed by atoms with Gasteiger partial charge in [-0.1, -0.05) is 62.4 Å². The first-order chi connectivity index (χ1) is 31.5. The predicted octanol–water partition coefficient (Wildman–Crippen LogP) is 7.34. The van der Waals surface area contributed by atoms with Crippen LogP contribution in [0, 0.1) is 17.8 Å². The number of nitrogens with zero attached hydrogens (tertiary/aromatic N) is 4. The molecule has 2 unspecified atom stereocenters. The summed E-state index contributed by atoms with van der Waals surface area (Å²) in [6.07, 6.45) is 2.91. The molecule has 10 rings (SSSR count). The van der Waals surface area contributed by atoms with Crippen molar-refractivity contribution in [1.29, 1.82) is 0 Å². The van der Waals surface area contributed by atoms with E-state index >= 15 is 0 Å². The Morgan fingerprint density at radius 2 is 1.65 bits per heavy atom. The molecule has 4 aromatic carbocycles.